The Morgan fingerprint density at radius 3 is 2.33 bits per heavy atom. The molecule has 1 aromatic heterocycles. The lowest BCUT2D eigenvalue weighted by atomic mass is 10.1. The summed E-state index contributed by atoms with van der Waals surface area (Å²) in [5.41, 5.74) is 1.45. The number of anilines is 3. The average molecular weight is 444 g/mol. The maximum Gasteiger partial charge on any atom is 0.274 e. The molecule has 30 heavy (non-hydrogen) atoms. The van der Waals surface area contributed by atoms with Gasteiger partial charge in [0.05, 0.1) is 21.1 Å². The fourth-order valence-corrected chi connectivity index (χ4v) is 3.68. The maximum absolute atomic E-state index is 12.4. The van der Waals surface area contributed by atoms with Crippen LogP contribution in [0, 0.1) is 17.0 Å². The zero-order valence-electron chi connectivity index (χ0n) is 15.6. The minimum absolute atomic E-state index is 0.0211. The van der Waals surface area contributed by atoms with Crippen LogP contribution in [0.4, 0.5) is 23.0 Å². The Bertz CT molecular complexity index is 1190. The number of rotatable bonds is 6. The van der Waals surface area contributed by atoms with Crippen LogP contribution in [-0.2, 0) is 10.0 Å². The van der Waals surface area contributed by atoms with Crippen molar-refractivity contribution in [1.29, 1.82) is 0 Å². The van der Waals surface area contributed by atoms with E-state index in [1.807, 2.05) is 0 Å². The minimum atomic E-state index is -3.84. The van der Waals surface area contributed by atoms with Crippen LogP contribution in [0.2, 0.25) is 0 Å². The van der Waals surface area contributed by atoms with Crippen LogP contribution < -0.4 is 15.4 Å². The molecule has 3 aromatic rings. The van der Waals surface area contributed by atoms with E-state index in [1.165, 1.54) is 42.7 Å². The molecule has 0 atom stereocenters. The van der Waals surface area contributed by atoms with Crippen LogP contribution in [0.3, 0.4) is 0 Å². The van der Waals surface area contributed by atoms with Crippen molar-refractivity contribution in [2.24, 2.45) is 0 Å². The molecule has 1 heterocycles. The van der Waals surface area contributed by atoms with Gasteiger partial charge in [0.1, 0.15) is 0 Å². The highest BCUT2D eigenvalue weighted by Crippen LogP contribution is 2.25. The van der Waals surface area contributed by atoms with Crippen LogP contribution in [0.15, 0.2) is 65.8 Å². The van der Waals surface area contributed by atoms with E-state index in [-0.39, 0.29) is 21.6 Å². The Morgan fingerprint density at radius 1 is 1.03 bits per heavy atom. The molecule has 0 fully saturated rings. The van der Waals surface area contributed by atoms with Gasteiger partial charge in [-0.25, -0.2) is 23.1 Å². The highest BCUT2D eigenvalue weighted by molar-refractivity contribution is 7.92. The van der Waals surface area contributed by atoms with Gasteiger partial charge in [-0.2, -0.15) is 0 Å². The molecule has 0 aliphatic carbocycles. The first-order valence-electron chi connectivity index (χ1n) is 8.48. The van der Waals surface area contributed by atoms with E-state index >= 15 is 0 Å². The summed E-state index contributed by atoms with van der Waals surface area (Å²) < 4.78 is 27.1. The molecule has 0 aliphatic rings. The van der Waals surface area contributed by atoms with E-state index < -0.39 is 14.9 Å². The Balaban J connectivity index is 1.68. The average Bonchev–Trinajstić information content (AvgIpc) is 2.70. The second kappa shape index (κ2) is 8.80. The quantitative estimate of drug-likeness (QED) is 0.297. The topological polar surface area (TPSA) is 139 Å². The van der Waals surface area contributed by atoms with E-state index in [1.54, 1.807) is 25.1 Å². The molecule has 3 N–H and O–H groups in total. The monoisotopic (exact) mass is 444 g/mol. The van der Waals surface area contributed by atoms with E-state index in [0.29, 0.717) is 16.9 Å². The van der Waals surface area contributed by atoms with Gasteiger partial charge in [-0.3, -0.25) is 10.1 Å². The molecule has 0 spiro atoms. The number of hydrogen-bond acceptors (Lipinski definition) is 7. The predicted octanol–water partition coefficient (Wildman–Crippen LogP) is 3.30. The zero-order valence-corrected chi connectivity index (χ0v) is 17.2. The van der Waals surface area contributed by atoms with Gasteiger partial charge in [0.2, 0.25) is 5.95 Å². The standard InChI is InChI=1S/C18H16N6O4S2/c1-12-15(4-2-5-16(12)24(25)26)22-18(29)21-13-6-8-14(9-7-13)30(27,28)23-17-19-10-3-11-20-17/h2-11H,1H3,(H,19,20,23)(H2,21,22,29). The molecule has 3 rings (SSSR count). The van der Waals surface area contributed by atoms with Gasteiger partial charge < -0.3 is 10.6 Å². The number of hydrogen-bond donors (Lipinski definition) is 3. The lowest BCUT2D eigenvalue weighted by molar-refractivity contribution is -0.385. The van der Waals surface area contributed by atoms with Gasteiger partial charge in [-0.1, -0.05) is 6.07 Å². The van der Waals surface area contributed by atoms with Crippen LogP contribution in [0.1, 0.15) is 5.56 Å². The first kappa shape index (κ1) is 21.1. The number of sulfonamides is 1. The first-order chi connectivity index (χ1) is 14.3. The van der Waals surface area contributed by atoms with Crippen molar-refractivity contribution in [3.05, 3.63) is 76.6 Å². The predicted molar refractivity (Wildman–Crippen MR) is 117 cm³/mol. The zero-order chi connectivity index (χ0) is 21.7. The summed E-state index contributed by atoms with van der Waals surface area (Å²) in [5.74, 6) is -0.0302. The Morgan fingerprint density at radius 2 is 1.70 bits per heavy atom. The van der Waals surface area contributed by atoms with Gasteiger partial charge >= 0.3 is 0 Å². The van der Waals surface area contributed by atoms with Crippen molar-refractivity contribution >= 4 is 50.4 Å². The summed E-state index contributed by atoms with van der Waals surface area (Å²) in [6, 6.07) is 12.1. The molecule has 0 amide bonds. The molecule has 154 valence electrons. The summed E-state index contributed by atoms with van der Waals surface area (Å²) in [6.45, 7) is 1.62. The van der Waals surface area contributed by atoms with Crippen molar-refractivity contribution in [2.45, 2.75) is 11.8 Å². The summed E-state index contributed by atoms with van der Waals surface area (Å²) in [7, 11) is -3.84. The molecule has 0 radical (unpaired) electrons. The number of thiocarbonyl (C=S) groups is 1. The van der Waals surface area contributed by atoms with Gasteiger partial charge in [0.25, 0.3) is 15.7 Å². The van der Waals surface area contributed by atoms with Crippen molar-refractivity contribution in [3.8, 4) is 0 Å². The smallest absolute Gasteiger partial charge is 0.274 e. The molecule has 0 bridgehead atoms. The molecular formula is C18H16N6O4S2. The summed E-state index contributed by atoms with van der Waals surface area (Å²) in [6.07, 6.45) is 2.85. The van der Waals surface area contributed by atoms with Gasteiger partial charge in [-0.15, -0.1) is 0 Å². The van der Waals surface area contributed by atoms with Crippen molar-refractivity contribution in [1.82, 2.24) is 9.97 Å². The third-order valence-electron chi connectivity index (χ3n) is 3.96. The van der Waals surface area contributed by atoms with E-state index in [0.717, 1.165) is 0 Å². The highest BCUT2D eigenvalue weighted by Gasteiger charge is 2.16. The lowest BCUT2D eigenvalue weighted by Crippen LogP contribution is -2.20. The summed E-state index contributed by atoms with van der Waals surface area (Å²) >= 11 is 5.24. The second-order valence-electron chi connectivity index (χ2n) is 5.99. The van der Waals surface area contributed by atoms with Crippen molar-refractivity contribution in [3.63, 3.8) is 0 Å². The van der Waals surface area contributed by atoms with Crippen LogP contribution in [-0.4, -0.2) is 28.4 Å². The minimum Gasteiger partial charge on any atom is -0.332 e. The Hall–Kier alpha value is -3.64. The van der Waals surface area contributed by atoms with E-state index in [2.05, 4.69) is 25.3 Å². The third-order valence-corrected chi connectivity index (χ3v) is 5.51. The van der Waals surface area contributed by atoms with Crippen LogP contribution >= 0.6 is 12.2 Å². The molecule has 0 unspecified atom stereocenters. The Labute approximate surface area is 177 Å². The SMILES string of the molecule is Cc1c(NC(=S)Nc2ccc(S(=O)(=O)Nc3ncccn3)cc2)cccc1[N+](=O)[O-]. The number of nitrogens with one attached hydrogen (secondary N) is 3. The van der Waals surface area contributed by atoms with E-state index in [9.17, 15) is 18.5 Å². The fraction of sp³-hybridized carbons (Fsp3) is 0.0556. The number of nitrogens with zero attached hydrogens (tertiary/aromatic N) is 3. The van der Waals surface area contributed by atoms with E-state index in [4.69, 9.17) is 12.2 Å². The van der Waals surface area contributed by atoms with Crippen molar-refractivity contribution < 1.29 is 13.3 Å². The third kappa shape index (κ3) is 5.04. The van der Waals surface area contributed by atoms with Crippen LogP contribution in [0.5, 0.6) is 0 Å². The highest BCUT2D eigenvalue weighted by atomic mass is 32.2. The lowest BCUT2D eigenvalue weighted by Gasteiger charge is -2.13. The molecule has 2 aromatic carbocycles. The van der Waals surface area contributed by atoms with Gasteiger partial charge in [0, 0.05) is 24.1 Å². The largest absolute Gasteiger partial charge is 0.332 e. The maximum atomic E-state index is 12.4. The van der Waals surface area contributed by atoms with Crippen LogP contribution in [0.25, 0.3) is 0 Å². The number of nitro groups is 1. The second-order valence-corrected chi connectivity index (χ2v) is 8.08. The molecule has 0 aliphatic heterocycles. The molecule has 12 heteroatoms. The molecular weight excluding hydrogens is 428 g/mol. The summed E-state index contributed by atoms with van der Waals surface area (Å²) in [5, 5.41) is 17.1. The van der Waals surface area contributed by atoms with Gasteiger partial charge in [-0.05, 0) is 55.5 Å². The molecule has 10 nitrogen and oxygen atoms in total. The summed E-state index contributed by atoms with van der Waals surface area (Å²) in [4.78, 5) is 18.3. The fourth-order valence-electron chi connectivity index (χ4n) is 2.49. The van der Waals surface area contributed by atoms with Gasteiger partial charge in [0.15, 0.2) is 5.11 Å². The number of nitro benzene ring substituents is 1. The number of aromatic nitrogens is 2. The van der Waals surface area contributed by atoms with Crippen molar-refractivity contribution in [2.75, 3.05) is 15.4 Å². The normalized spacial score (nSPS) is 10.8. The number of benzene rings is 2. The molecule has 0 saturated carbocycles. The first-order valence-corrected chi connectivity index (χ1v) is 10.4. The Kier molecular flexibility index (Phi) is 6.18. The molecule has 0 saturated heterocycles.